The lowest BCUT2D eigenvalue weighted by Gasteiger charge is -2.34. The molecule has 210 valence electrons. The van der Waals surface area contributed by atoms with Gasteiger partial charge < -0.3 is 25.3 Å². The monoisotopic (exact) mass is 587 g/mol. The minimum atomic E-state index is -4.54. The van der Waals surface area contributed by atoms with E-state index in [0.717, 1.165) is 11.6 Å². The van der Waals surface area contributed by atoms with Crippen LogP contribution < -0.4 is 15.4 Å². The van der Waals surface area contributed by atoms with Gasteiger partial charge in [0.1, 0.15) is 6.61 Å². The number of piperazine rings is 1. The number of amides is 3. The summed E-state index contributed by atoms with van der Waals surface area (Å²) in [7, 11) is 0. The number of H-pyrrole nitrogens is 1. The Bertz CT molecular complexity index is 1350. The van der Waals surface area contributed by atoms with Crippen molar-refractivity contribution in [2.24, 2.45) is 0 Å². The van der Waals surface area contributed by atoms with Crippen LogP contribution in [-0.2, 0) is 10.5 Å². The number of thioether (sulfide) groups is 1. The summed E-state index contributed by atoms with van der Waals surface area (Å²) in [4.78, 5) is 30.8. The maximum Gasteiger partial charge on any atom is 0.442 e. The molecule has 39 heavy (non-hydrogen) atoms. The number of halogens is 5. The van der Waals surface area contributed by atoms with Crippen molar-refractivity contribution in [3.05, 3.63) is 52.9 Å². The standard InChI is InChI=1S/C25H26ClF4N5O3S/c1-15(36)35-6-4-34(5-7-35)8-9-38-23-16(14-39-25(28,29)30)10-18(12-20(23)27)32-24(37)33-22-13-31-21-3-2-17(26)11-19(21)22/h2-3,10-13,31H,4-9,14H2,1H3,(H2,32,33,37). The van der Waals surface area contributed by atoms with E-state index in [2.05, 4.69) is 15.6 Å². The number of nitrogens with one attached hydrogen (secondary N) is 3. The highest BCUT2D eigenvalue weighted by molar-refractivity contribution is 7.99. The third-order valence-electron chi connectivity index (χ3n) is 6.13. The van der Waals surface area contributed by atoms with Gasteiger partial charge in [0, 0.05) is 84.8 Å². The van der Waals surface area contributed by atoms with Crippen molar-refractivity contribution in [1.82, 2.24) is 14.8 Å². The van der Waals surface area contributed by atoms with Gasteiger partial charge in [-0.3, -0.25) is 9.69 Å². The molecule has 2 heterocycles. The van der Waals surface area contributed by atoms with E-state index in [1.165, 1.54) is 13.0 Å². The van der Waals surface area contributed by atoms with Crippen LogP contribution in [0.4, 0.5) is 33.7 Å². The minimum absolute atomic E-state index is 0.00648. The van der Waals surface area contributed by atoms with Gasteiger partial charge in [-0.25, -0.2) is 9.18 Å². The van der Waals surface area contributed by atoms with Gasteiger partial charge in [-0.15, -0.1) is 0 Å². The first-order valence-electron chi connectivity index (χ1n) is 12.0. The first-order valence-corrected chi connectivity index (χ1v) is 13.3. The zero-order chi connectivity index (χ0) is 28.2. The number of aromatic amines is 1. The molecule has 3 amide bonds. The van der Waals surface area contributed by atoms with E-state index in [-0.39, 0.29) is 41.3 Å². The predicted molar refractivity (Wildman–Crippen MR) is 144 cm³/mol. The molecule has 0 unspecified atom stereocenters. The van der Waals surface area contributed by atoms with Gasteiger partial charge in [-0.1, -0.05) is 11.6 Å². The molecule has 2 aromatic carbocycles. The zero-order valence-corrected chi connectivity index (χ0v) is 22.4. The Hall–Kier alpha value is -3.16. The number of rotatable bonds is 8. The molecule has 0 saturated carbocycles. The smallest absolute Gasteiger partial charge is 0.442 e. The Morgan fingerprint density at radius 3 is 2.56 bits per heavy atom. The van der Waals surface area contributed by atoms with Crippen LogP contribution in [0.1, 0.15) is 12.5 Å². The van der Waals surface area contributed by atoms with Gasteiger partial charge in [0.05, 0.1) is 5.69 Å². The van der Waals surface area contributed by atoms with E-state index < -0.39 is 23.1 Å². The topological polar surface area (TPSA) is 89.7 Å². The number of alkyl halides is 3. The maximum absolute atomic E-state index is 15.1. The minimum Gasteiger partial charge on any atom is -0.489 e. The van der Waals surface area contributed by atoms with E-state index in [0.29, 0.717) is 48.8 Å². The molecule has 1 aliphatic rings. The van der Waals surface area contributed by atoms with Crippen LogP contribution in [0.3, 0.4) is 0 Å². The Kier molecular flexibility index (Phi) is 9.13. The summed E-state index contributed by atoms with van der Waals surface area (Å²) in [5.41, 5.74) is -3.47. The van der Waals surface area contributed by atoms with Crippen molar-refractivity contribution in [1.29, 1.82) is 0 Å². The van der Waals surface area contributed by atoms with Crippen LogP contribution >= 0.6 is 23.4 Å². The summed E-state index contributed by atoms with van der Waals surface area (Å²) in [6, 6.07) is 6.62. The molecule has 0 aliphatic carbocycles. The molecule has 1 saturated heterocycles. The number of aromatic nitrogens is 1. The van der Waals surface area contributed by atoms with Crippen LogP contribution in [0.25, 0.3) is 10.9 Å². The van der Waals surface area contributed by atoms with Crippen LogP contribution in [0.5, 0.6) is 5.75 Å². The van der Waals surface area contributed by atoms with Crippen LogP contribution in [0.15, 0.2) is 36.5 Å². The highest BCUT2D eigenvalue weighted by atomic mass is 35.5. The molecule has 3 N–H and O–H groups in total. The zero-order valence-electron chi connectivity index (χ0n) is 20.8. The molecule has 0 radical (unpaired) electrons. The van der Waals surface area contributed by atoms with Crippen LogP contribution in [-0.4, -0.2) is 71.6 Å². The largest absolute Gasteiger partial charge is 0.489 e. The molecule has 0 atom stereocenters. The van der Waals surface area contributed by atoms with E-state index in [1.807, 2.05) is 4.90 Å². The molecule has 1 aliphatic heterocycles. The summed E-state index contributed by atoms with van der Waals surface area (Å²) in [6.45, 7) is 4.30. The van der Waals surface area contributed by atoms with Crippen molar-refractivity contribution in [2.45, 2.75) is 18.2 Å². The van der Waals surface area contributed by atoms with Crippen molar-refractivity contribution in [3.8, 4) is 5.75 Å². The molecule has 3 aromatic rings. The van der Waals surface area contributed by atoms with Crippen molar-refractivity contribution in [2.75, 3.05) is 50.0 Å². The van der Waals surface area contributed by atoms with E-state index in [9.17, 15) is 22.8 Å². The number of fused-ring (bicyclic) bond motifs is 1. The molecular weight excluding hydrogens is 562 g/mol. The maximum atomic E-state index is 15.1. The number of benzene rings is 2. The normalized spacial score (nSPS) is 14.5. The number of hydrogen-bond donors (Lipinski definition) is 3. The lowest BCUT2D eigenvalue weighted by Crippen LogP contribution is -2.48. The number of hydrogen-bond acceptors (Lipinski definition) is 5. The number of anilines is 2. The lowest BCUT2D eigenvalue weighted by atomic mass is 10.2. The third kappa shape index (κ3) is 7.93. The van der Waals surface area contributed by atoms with Gasteiger partial charge >= 0.3 is 11.5 Å². The quantitative estimate of drug-likeness (QED) is 0.286. The molecule has 0 bridgehead atoms. The first-order chi connectivity index (χ1) is 18.5. The lowest BCUT2D eigenvalue weighted by molar-refractivity contribution is -0.130. The fraction of sp³-hybridized carbons (Fsp3) is 0.360. The summed E-state index contributed by atoms with van der Waals surface area (Å²) in [5.74, 6) is -1.81. The molecular formula is C25H26ClF4N5O3S. The third-order valence-corrected chi connectivity index (χ3v) is 7.15. The molecule has 4 rings (SSSR count). The van der Waals surface area contributed by atoms with E-state index in [4.69, 9.17) is 16.3 Å². The number of carbonyl (C=O) groups is 2. The number of carbonyl (C=O) groups excluding carboxylic acids is 2. The number of urea groups is 1. The molecule has 8 nitrogen and oxygen atoms in total. The predicted octanol–water partition coefficient (Wildman–Crippen LogP) is 5.90. The first kappa shape index (κ1) is 28.8. The SMILES string of the molecule is CC(=O)N1CCN(CCOc2c(F)cc(NC(=O)Nc3c[nH]c4ccc(Cl)cc34)cc2CSC(F)(F)F)CC1. The molecule has 1 aromatic heterocycles. The molecule has 1 fully saturated rings. The molecule has 14 heteroatoms. The Labute approximate surface area is 231 Å². The highest BCUT2D eigenvalue weighted by Crippen LogP contribution is 2.37. The average Bonchev–Trinajstić information content (AvgIpc) is 3.25. The summed E-state index contributed by atoms with van der Waals surface area (Å²) in [6.07, 6.45) is 1.56. The van der Waals surface area contributed by atoms with Gasteiger partial charge in [0.15, 0.2) is 11.6 Å². The second-order valence-electron chi connectivity index (χ2n) is 8.85. The van der Waals surface area contributed by atoms with Crippen molar-refractivity contribution in [3.63, 3.8) is 0 Å². The number of ether oxygens (including phenoxy) is 1. The van der Waals surface area contributed by atoms with Gasteiger partial charge in [0.2, 0.25) is 5.91 Å². The Morgan fingerprint density at radius 2 is 1.87 bits per heavy atom. The Balaban J connectivity index is 1.43. The van der Waals surface area contributed by atoms with E-state index >= 15 is 4.39 Å². The Morgan fingerprint density at radius 1 is 1.13 bits per heavy atom. The second kappa shape index (κ2) is 12.3. The van der Waals surface area contributed by atoms with Crippen molar-refractivity contribution < 1.29 is 31.9 Å². The summed E-state index contributed by atoms with van der Waals surface area (Å²) in [5, 5.41) is 6.20. The summed E-state index contributed by atoms with van der Waals surface area (Å²) < 4.78 is 59.5. The van der Waals surface area contributed by atoms with E-state index in [1.54, 1.807) is 29.3 Å². The fourth-order valence-electron chi connectivity index (χ4n) is 4.20. The van der Waals surface area contributed by atoms with Crippen LogP contribution in [0, 0.1) is 5.82 Å². The second-order valence-corrected chi connectivity index (χ2v) is 10.3. The number of nitrogens with zero attached hydrogens (tertiary/aromatic N) is 2. The van der Waals surface area contributed by atoms with Crippen molar-refractivity contribution >= 4 is 57.6 Å². The van der Waals surface area contributed by atoms with Gasteiger partial charge in [0.25, 0.3) is 0 Å². The highest BCUT2D eigenvalue weighted by Gasteiger charge is 2.29. The summed E-state index contributed by atoms with van der Waals surface area (Å²) >= 11 is 5.70. The van der Waals surface area contributed by atoms with Gasteiger partial charge in [-0.05, 0) is 36.0 Å². The fourth-order valence-corrected chi connectivity index (χ4v) is 4.90. The molecule has 0 spiro atoms. The average molecular weight is 588 g/mol. The van der Waals surface area contributed by atoms with Gasteiger partial charge in [-0.2, -0.15) is 13.2 Å². The van der Waals surface area contributed by atoms with Crippen LogP contribution in [0.2, 0.25) is 5.02 Å².